The Morgan fingerprint density at radius 1 is 1.02 bits per heavy atom. The number of fused-ring (bicyclic) bond motifs is 3. The van der Waals surface area contributed by atoms with Crippen molar-refractivity contribution in [2.24, 2.45) is 40.4 Å². The predicted octanol–water partition coefficient (Wildman–Crippen LogP) is -5.01. The molecule has 1 aliphatic heterocycles. The van der Waals surface area contributed by atoms with Crippen molar-refractivity contribution in [3.8, 4) is 0 Å². The molecule has 1 heterocycles. The molecule has 2 bridgehead atoms. The molecule has 3 N–H and O–H groups in total. The van der Waals surface area contributed by atoms with Crippen LogP contribution in [0.4, 0.5) is 0 Å². The van der Waals surface area contributed by atoms with Crippen LogP contribution < -0.4 is 103 Å². The first-order valence-corrected chi connectivity index (χ1v) is 18.8. The molecule has 0 aromatic heterocycles. The van der Waals surface area contributed by atoms with Gasteiger partial charge in [-0.3, -0.25) is 18.0 Å². The number of carbonyl (C=O) groups excluding carboxylic acids is 1. The molecule has 16 nitrogen and oxygen atoms in total. The van der Waals surface area contributed by atoms with Crippen LogP contribution in [-0.4, -0.2) is 103 Å². The van der Waals surface area contributed by atoms with Gasteiger partial charge in [0.15, 0.2) is 12.4 Å². The van der Waals surface area contributed by atoms with E-state index in [1.165, 1.54) is 0 Å². The van der Waals surface area contributed by atoms with Gasteiger partial charge in [-0.25, -0.2) is 16.8 Å². The molecule has 0 aromatic rings. The van der Waals surface area contributed by atoms with E-state index < -0.39 is 99.0 Å². The number of carbonyl (C=O) groups is 2. The molecule has 5 aliphatic rings. The Hall–Kier alpha value is 1.53. The Balaban J connectivity index is 0.00000338. The summed E-state index contributed by atoms with van der Waals surface area (Å²) in [6.45, 7) is 8.41. The van der Waals surface area contributed by atoms with Crippen molar-refractivity contribution < 1.29 is 176 Å². The quantitative estimate of drug-likeness (QED) is 0.0442. The summed E-state index contributed by atoms with van der Waals surface area (Å²) in [5, 5.41) is 31.9. The summed E-state index contributed by atoms with van der Waals surface area (Å²) in [5.74, 6) is -3.38. The van der Waals surface area contributed by atoms with E-state index in [0.717, 1.165) is 24.8 Å². The zero-order chi connectivity index (χ0) is 35.6. The fraction of sp³-hybridized carbons (Fsp3) is 0.867. The maximum atomic E-state index is 12.9. The summed E-state index contributed by atoms with van der Waals surface area (Å²) in [6, 6.07) is 0. The number of ether oxygens (including phenoxy) is 3. The van der Waals surface area contributed by atoms with Crippen molar-refractivity contribution in [2.75, 3.05) is 6.61 Å². The topological polar surface area (TPSA) is 255 Å². The fourth-order valence-electron chi connectivity index (χ4n) is 9.81. The van der Waals surface area contributed by atoms with Crippen LogP contribution in [0, 0.1) is 40.4 Å². The summed E-state index contributed by atoms with van der Waals surface area (Å²) in [5.41, 5.74) is -0.359. The van der Waals surface area contributed by atoms with Gasteiger partial charge in [-0.05, 0) is 79.6 Å². The number of hydrogen-bond acceptors (Lipinski definition) is 15. The number of rotatable bonds is 11. The van der Waals surface area contributed by atoms with Crippen molar-refractivity contribution in [1.82, 2.24) is 0 Å². The number of carboxylic acids is 1. The molecule has 50 heavy (non-hydrogen) atoms. The van der Waals surface area contributed by atoms with E-state index in [2.05, 4.69) is 14.9 Å². The summed E-state index contributed by atoms with van der Waals surface area (Å²) < 4.78 is 96.9. The van der Waals surface area contributed by atoms with Crippen molar-refractivity contribution in [3.63, 3.8) is 0 Å². The average molecular weight is 803 g/mol. The van der Waals surface area contributed by atoms with Gasteiger partial charge in [0.1, 0.15) is 18.3 Å². The van der Waals surface area contributed by atoms with Gasteiger partial charge in [-0.15, -0.1) is 0 Å². The maximum absolute atomic E-state index is 12.9. The third kappa shape index (κ3) is 9.55. The van der Waals surface area contributed by atoms with Crippen LogP contribution >= 0.6 is 0 Å². The summed E-state index contributed by atoms with van der Waals surface area (Å²) in [7, 11) is -11.3. The number of aliphatic hydroxyl groups excluding tert-OH is 2. The first-order valence-electron chi connectivity index (χ1n) is 16.2. The molecule has 274 valence electrons. The van der Waals surface area contributed by atoms with Gasteiger partial charge in [0.05, 0.1) is 24.7 Å². The van der Waals surface area contributed by atoms with Crippen molar-refractivity contribution >= 4 is 32.7 Å². The number of aliphatic hydroxyl groups is 2. The van der Waals surface area contributed by atoms with E-state index in [1.54, 1.807) is 13.8 Å². The molecule has 0 unspecified atom stereocenters. The minimum absolute atomic E-state index is 0. The van der Waals surface area contributed by atoms with E-state index in [9.17, 15) is 50.8 Å². The fourth-order valence-corrected chi connectivity index (χ4v) is 10.8. The van der Waals surface area contributed by atoms with Gasteiger partial charge < -0.3 is 38.6 Å². The number of esters is 1. The minimum Gasteiger partial charge on any atom is -0.726 e. The molecule has 13 atom stereocenters. The molecular formula is C30H44K2O16S2. The van der Waals surface area contributed by atoms with Gasteiger partial charge >= 0.3 is 115 Å². The van der Waals surface area contributed by atoms with Crippen LogP contribution in [-0.2, 0) is 53.0 Å². The second kappa shape index (κ2) is 17.4. The smallest absolute Gasteiger partial charge is 0.726 e. The summed E-state index contributed by atoms with van der Waals surface area (Å²) in [6.07, 6.45) is -8.49. The first kappa shape index (κ1) is 45.9. The molecular weight excluding hydrogens is 759 g/mol. The molecule has 1 saturated heterocycles. The van der Waals surface area contributed by atoms with E-state index in [-0.39, 0.29) is 146 Å². The monoisotopic (exact) mass is 802 g/mol. The Kier molecular flexibility index (Phi) is 15.9. The molecule has 20 heteroatoms. The molecule has 1 spiro atoms. The van der Waals surface area contributed by atoms with Gasteiger partial charge in [-0.2, -0.15) is 0 Å². The number of aliphatic carboxylic acids is 1. The van der Waals surface area contributed by atoms with Gasteiger partial charge in [0.2, 0.25) is 20.8 Å². The Labute approximate surface area is 377 Å². The zero-order valence-electron chi connectivity index (χ0n) is 29.0. The second-order valence-corrected chi connectivity index (χ2v) is 16.8. The first-order chi connectivity index (χ1) is 22.2. The average Bonchev–Trinajstić information content (AvgIpc) is 3.12. The zero-order valence-corrected chi connectivity index (χ0v) is 36.8. The Bertz CT molecular complexity index is 1490. The largest absolute Gasteiger partial charge is 1.00 e. The predicted molar refractivity (Wildman–Crippen MR) is 159 cm³/mol. The van der Waals surface area contributed by atoms with E-state index in [1.807, 2.05) is 6.92 Å². The summed E-state index contributed by atoms with van der Waals surface area (Å²) in [4.78, 5) is 25.6. The van der Waals surface area contributed by atoms with Crippen LogP contribution in [0.1, 0.15) is 72.1 Å². The number of hydrogen-bond donors (Lipinski definition) is 3. The molecule has 0 radical (unpaired) electrons. The van der Waals surface area contributed by atoms with Gasteiger partial charge in [0, 0.05) is 11.8 Å². The van der Waals surface area contributed by atoms with Crippen LogP contribution in [0.2, 0.25) is 0 Å². The standard InChI is InChI=1S/C30H46O16S2.2K/c1-14(2)9-22(32)44-25-24(46-48(39,40)41)23(45-47(36,37)38)20(13-31)43-28(25)42-17-10-18(27(34)35)19-7-8-30-11-16(15(3)26(30)33)5-6-21(30)29(19,4)12-17;;/h14,16-21,23-26,28,31,33H,3,5-13H2,1-2,4H3,(H,34,35)(H,36,37,38)(H,39,40,41);;/q;2*+1/p-2/t16-,17-,18-,19-,20-,21+,23-,24+,25-,26+,28+,29-,30-;;/m0../s1. The maximum Gasteiger partial charge on any atom is 1.00 e. The van der Waals surface area contributed by atoms with Crippen LogP contribution in [0.3, 0.4) is 0 Å². The normalized spacial score (nSPS) is 41.3. The Morgan fingerprint density at radius 2 is 1.64 bits per heavy atom. The molecule has 4 saturated carbocycles. The molecule has 5 fully saturated rings. The SMILES string of the molecule is C=C1[C@H]2CC[C@@H]3[C@@]4(C)C[C@@H](O[C@@H]5O[C@@H](CO)[C@H](OS(=O)(=O)[O-])[C@@H](OS(=O)(=O)[O-])[C@@H]5OC(=O)CC(C)C)C[C@H](C(=O)O)[C@@H]4CC[C@@]3(C2)[C@@H]1O.[K+].[K+]. The van der Waals surface area contributed by atoms with Gasteiger partial charge in [-0.1, -0.05) is 27.4 Å². The number of carboxylic acid groups (broad SMARTS) is 1. The van der Waals surface area contributed by atoms with Crippen molar-refractivity contribution in [3.05, 3.63) is 12.2 Å². The second-order valence-electron chi connectivity index (χ2n) is 14.8. The van der Waals surface area contributed by atoms with E-state index in [4.69, 9.17) is 14.2 Å². The molecule has 4 aliphatic carbocycles. The molecule has 0 amide bonds. The molecule has 5 rings (SSSR count). The Morgan fingerprint density at radius 3 is 2.20 bits per heavy atom. The van der Waals surface area contributed by atoms with Crippen molar-refractivity contribution in [1.29, 1.82) is 0 Å². The van der Waals surface area contributed by atoms with Gasteiger partial charge in [0.25, 0.3) is 0 Å². The minimum atomic E-state index is -5.69. The third-order valence-electron chi connectivity index (χ3n) is 11.5. The van der Waals surface area contributed by atoms with Crippen LogP contribution in [0.25, 0.3) is 0 Å². The summed E-state index contributed by atoms with van der Waals surface area (Å²) >= 11 is 0. The van der Waals surface area contributed by atoms with Crippen molar-refractivity contribution in [2.45, 2.75) is 115 Å². The van der Waals surface area contributed by atoms with Crippen LogP contribution in [0.5, 0.6) is 0 Å². The molecule has 0 aromatic carbocycles. The van der Waals surface area contributed by atoms with E-state index in [0.29, 0.717) is 12.8 Å². The van der Waals surface area contributed by atoms with E-state index >= 15 is 0 Å². The third-order valence-corrected chi connectivity index (χ3v) is 12.4. The van der Waals surface area contributed by atoms with Crippen LogP contribution in [0.15, 0.2) is 12.2 Å².